The Morgan fingerprint density at radius 2 is 2.00 bits per heavy atom. The van der Waals surface area contributed by atoms with Crippen molar-refractivity contribution in [1.82, 2.24) is 9.55 Å². The summed E-state index contributed by atoms with van der Waals surface area (Å²) in [6, 6.07) is -1.03. The first-order valence-corrected chi connectivity index (χ1v) is 4.78. The number of nitrogens with zero attached hydrogens (tertiary/aromatic N) is 2. The summed E-state index contributed by atoms with van der Waals surface area (Å²) in [5, 5.41) is 8.49. The molecule has 0 aliphatic rings. The van der Waals surface area contributed by atoms with Gasteiger partial charge in [0.15, 0.2) is 5.15 Å². The molecule has 82 valence electrons. The number of carboxylic acids is 1. The molecule has 0 aliphatic carbocycles. The third-order valence-corrected chi connectivity index (χ3v) is 2.60. The number of carbonyl (C=O) groups is 1. The summed E-state index contributed by atoms with van der Waals surface area (Å²) in [6.07, 6.45) is 0. The zero-order valence-electron chi connectivity index (χ0n) is 7.99. The number of aromatic nitrogens is 2. The molecule has 5 nitrogen and oxygen atoms in total. The van der Waals surface area contributed by atoms with E-state index in [9.17, 15) is 9.59 Å². The fourth-order valence-corrected chi connectivity index (χ4v) is 1.54. The maximum absolute atomic E-state index is 11.5. The molecule has 7 heteroatoms. The second-order valence-corrected chi connectivity index (χ2v) is 3.68. The van der Waals surface area contributed by atoms with Crippen LogP contribution in [0.1, 0.15) is 18.7 Å². The number of aliphatic carboxylic acids is 1. The SMILES string of the molecule is Cc1c(Cl)nc(Cl)c(=O)n1C(C)C(=O)O. The lowest BCUT2D eigenvalue weighted by Crippen LogP contribution is -2.31. The van der Waals surface area contributed by atoms with E-state index in [-0.39, 0.29) is 16.0 Å². The predicted octanol–water partition coefficient (Wildman–Crippen LogP) is 1.50. The highest BCUT2D eigenvalue weighted by Crippen LogP contribution is 2.16. The van der Waals surface area contributed by atoms with E-state index in [0.717, 1.165) is 4.57 Å². The van der Waals surface area contributed by atoms with Crippen molar-refractivity contribution >= 4 is 29.2 Å². The van der Waals surface area contributed by atoms with Crippen molar-refractivity contribution in [3.05, 3.63) is 26.4 Å². The van der Waals surface area contributed by atoms with E-state index in [1.807, 2.05) is 0 Å². The van der Waals surface area contributed by atoms with Crippen molar-refractivity contribution in [3.63, 3.8) is 0 Å². The Balaban J connectivity index is 3.53. The summed E-state index contributed by atoms with van der Waals surface area (Å²) in [4.78, 5) is 25.9. The van der Waals surface area contributed by atoms with Crippen LogP contribution in [0.25, 0.3) is 0 Å². The molecule has 1 rings (SSSR count). The van der Waals surface area contributed by atoms with E-state index in [2.05, 4.69) is 4.98 Å². The molecule has 0 saturated heterocycles. The molecule has 1 N–H and O–H groups in total. The average Bonchev–Trinajstić information content (AvgIpc) is 2.15. The maximum Gasteiger partial charge on any atom is 0.326 e. The Morgan fingerprint density at radius 3 is 2.47 bits per heavy atom. The minimum atomic E-state index is -1.14. The molecule has 1 unspecified atom stereocenters. The number of rotatable bonds is 2. The minimum absolute atomic E-state index is 0.0210. The van der Waals surface area contributed by atoms with E-state index < -0.39 is 17.6 Å². The molecule has 1 heterocycles. The number of halogens is 2. The van der Waals surface area contributed by atoms with Gasteiger partial charge in [0, 0.05) is 0 Å². The van der Waals surface area contributed by atoms with Crippen LogP contribution in [-0.2, 0) is 4.79 Å². The summed E-state index contributed by atoms with van der Waals surface area (Å²) >= 11 is 11.2. The third-order valence-electron chi connectivity index (χ3n) is 2.00. The lowest BCUT2D eigenvalue weighted by Gasteiger charge is -2.14. The van der Waals surface area contributed by atoms with Crippen LogP contribution in [0.3, 0.4) is 0 Å². The molecule has 0 fully saturated rings. The summed E-state index contributed by atoms with van der Waals surface area (Å²) in [6.45, 7) is 2.87. The number of hydrogen-bond donors (Lipinski definition) is 1. The van der Waals surface area contributed by atoms with Gasteiger partial charge >= 0.3 is 5.97 Å². The van der Waals surface area contributed by atoms with Crippen molar-refractivity contribution in [2.45, 2.75) is 19.9 Å². The summed E-state index contributed by atoms with van der Waals surface area (Å²) in [5.41, 5.74) is -0.380. The van der Waals surface area contributed by atoms with Crippen molar-refractivity contribution in [2.24, 2.45) is 0 Å². The van der Waals surface area contributed by atoms with Gasteiger partial charge in [-0.2, -0.15) is 0 Å². The van der Waals surface area contributed by atoms with E-state index in [0.29, 0.717) is 0 Å². The summed E-state index contributed by atoms with van der Waals surface area (Å²) in [5.74, 6) is -1.14. The van der Waals surface area contributed by atoms with Crippen LogP contribution in [0.15, 0.2) is 4.79 Å². The van der Waals surface area contributed by atoms with Crippen molar-refractivity contribution in [3.8, 4) is 0 Å². The van der Waals surface area contributed by atoms with Crippen LogP contribution in [0.4, 0.5) is 0 Å². The monoisotopic (exact) mass is 250 g/mol. The first-order chi connectivity index (χ1) is 6.86. The molecular weight excluding hydrogens is 243 g/mol. The van der Waals surface area contributed by atoms with Gasteiger partial charge in [-0.25, -0.2) is 9.78 Å². The van der Waals surface area contributed by atoms with E-state index in [4.69, 9.17) is 28.3 Å². The van der Waals surface area contributed by atoms with Crippen molar-refractivity contribution < 1.29 is 9.90 Å². The zero-order valence-corrected chi connectivity index (χ0v) is 9.50. The van der Waals surface area contributed by atoms with Crippen LogP contribution in [0, 0.1) is 6.92 Å². The lowest BCUT2D eigenvalue weighted by molar-refractivity contribution is -0.140. The van der Waals surface area contributed by atoms with Gasteiger partial charge in [0.25, 0.3) is 5.56 Å². The topological polar surface area (TPSA) is 72.2 Å². The molecule has 0 amide bonds. The predicted molar refractivity (Wildman–Crippen MR) is 55.6 cm³/mol. The van der Waals surface area contributed by atoms with Gasteiger partial charge in [0.1, 0.15) is 11.2 Å². The van der Waals surface area contributed by atoms with Crippen molar-refractivity contribution in [2.75, 3.05) is 0 Å². The number of hydrogen-bond acceptors (Lipinski definition) is 3. The first-order valence-electron chi connectivity index (χ1n) is 4.03. The standard InChI is InChI=1S/C8H8Cl2N2O3/c1-3-5(9)11-6(10)7(13)12(3)4(2)8(14)15/h4H,1-2H3,(H,14,15). The zero-order chi connectivity index (χ0) is 11.7. The van der Waals surface area contributed by atoms with Crippen LogP contribution in [0.2, 0.25) is 10.3 Å². The van der Waals surface area contributed by atoms with Crippen LogP contribution < -0.4 is 5.56 Å². The Kier molecular flexibility index (Phi) is 3.36. The van der Waals surface area contributed by atoms with Gasteiger partial charge in [0.2, 0.25) is 0 Å². The molecule has 1 aromatic rings. The third kappa shape index (κ3) is 2.13. The molecule has 0 saturated carbocycles. The van der Waals surface area contributed by atoms with Crippen LogP contribution >= 0.6 is 23.2 Å². The molecule has 0 aromatic carbocycles. The van der Waals surface area contributed by atoms with Gasteiger partial charge in [-0.1, -0.05) is 23.2 Å². The van der Waals surface area contributed by atoms with Gasteiger partial charge in [-0.05, 0) is 13.8 Å². The minimum Gasteiger partial charge on any atom is -0.480 e. The van der Waals surface area contributed by atoms with E-state index >= 15 is 0 Å². The molecular formula is C8H8Cl2N2O3. The molecule has 0 radical (unpaired) electrons. The van der Waals surface area contributed by atoms with E-state index in [1.54, 1.807) is 0 Å². The Morgan fingerprint density at radius 1 is 1.47 bits per heavy atom. The van der Waals surface area contributed by atoms with Crippen LogP contribution in [0.5, 0.6) is 0 Å². The second-order valence-electron chi connectivity index (χ2n) is 2.97. The number of carboxylic acid groups (broad SMARTS) is 1. The van der Waals surface area contributed by atoms with E-state index in [1.165, 1.54) is 13.8 Å². The quantitative estimate of drug-likeness (QED) is 0.864. The second kappa shape index (κ2) is 4.20. The average molecular weight is 251 g/mol. The Hall–Kier alpha value is -1.07. The maximum atomic E-state index is 11.5. The normalized spacial score (nSPS) is 12.5. The Bertz CT molecular complexity index is 470. The first kappa shape index (κ1) is 12.0. The summed E-state index contributed by atoms with van der Waals surface area (Å²) < 4.78 is 1.00. The fraction of sp³-hybridized carbons (Fsp3) is 0.375. The molecule has 0 bridgehead atoms. The summed E-state index contributed by atoms with van der Waals surface area (Å²) in [7, 11) is 0. The molecule has 15 heavy (non-hydrogen) atoms. The fourth-order valence-electron chi connectivity index (χ4n) is 1.14. The molecule has 1 atom stereocenters. The van der Waals surface area contributed by atoms with Crippen molar-refractivity contribution in [1.29, 1.82) is 0 Å². The highest BCUT2D eigenvalue weighted by molar-refractivity contribution is 6.32. The van der Waals surface area contributed by atoms with Crippen LogP contribution in [-0.4, -0.2) is 20.6 Å². The molecule has 0 aliphatic heterocycles. The lowest BCUT2D eigenvalue weighted by atomic mass is 10.3. The Labute approximate surface area is 95.3 Å². The largest absolute Gasteiger partial charge is 0.480 e. The molecule has 1 aromatic heterocycles. The van der Waals surface area contributed by atoms with Gasteiger partial charge < -0.3 is 5.11 Å². The van der Waals surface area contributed by atoms with Gasteiger partial charge in [-0.15, -0.1) is 0 Å². The van der Waals surface area contributed by atoms with Gasteiger partial charge in [-0.3, -0.25) is 9.36 Å². The smallest absolute Gasteiger partial charge is 0.326 e. The van der Waals surface area contributed by atoms with Gasteiger partial charge in [0.05, 0.1) is 5.69 Å². The molecule has 0 spiro atoms. The highest BCUT2D eigenvalue weighted by atomic mass is 35.5. The highest BCUT2D eigenvalue weighted by Gasteiger charge is 2.20.